The molecule has 2 N–H and O–H groups in total. The maximum atomic E-state index is 12.5. The number of anilines is 2. The third kappa shape index (κ3) is 1.95. The molecule has 1 aromatic rings. The number of aromatic nitrogens is 1. The summed E-state index contributed by atoms with van der Waals surface area (Å²) in [5, 5.41) is 0. The number of fused-ring (bicyclic) bond motifs is 1. The number of rotatable bonds is 1. The van der Waals surface area contributed by atoms with Gasteiger partial charge < -0.3 is 10.6 Å². The van der Waals surface area contributed by atoms with Crippen LogP contribution in [0.4, 0.5) is 11.5 Å². The lowest BCUT2D eigenvalue weighted by molar-refractivity contribution is -0.127. The molecule has 0 spiro atoms. The fraction of sp³-hybridized carbons (Fsp3) is 0.538. The molecule has 2 fully saturated rings. The average Bonchev–Trinajstić information content (AvgIpc) is 2.41. The largest absolute Gasteiger partial charge is 0.384 e. The van der Waals surface area contributed by atoms with Crippen LogP contribution in [0.25, 0.3) is 0 Å². The van der Waals surface area contributed by atoms with Crippen LogP contribution in [0.5, 0.6) is 0 Å². The molecule has 5 heteroatoms. The number of piperidine rings is 1. The Balaban J connectivity index is 1.81. The minimum absolute atomic E-state index is 0.0741. The number of nitrogens with zero attached hydrogens (tertiary/aromatic N) is 3. The van der Waals surface area contributed by atoms with Crippen molar-refractivity contribution < 1.29 is 4.79 Å². The van der Waals surface area contributed by atoms with Gasteiger partial charge in [-0.15, -0.1) is 0 Å². The number of amides is 1. The molecule has 1 atom stereocenters. The van der Waals surface area contributed by atoms with Crippen LogP contribution in [0.1, 0.15) is 19.3 Å². The summed E-state index contributed by atoms with van der Waals surface area (Å²) in [5.74, 6) is 0.704. The summed E-state index contributed by atoms with van der Waals surface area (Å²) in [7, 11) is 0. The van der Waals surface area contributed by atoms with Gasteiger partial charge in [0.15, 0.2) is 0 Å². The molecule has 3 heterocycles. The van der Waals surface area contributed by atoms with Gasteiger partial charge in [0.05, 0.1) is 17.9 Å². The third-order valence-electron chi connectivity index (χ3n) is 3.86. The SMILES string of the molecule is Nc1ccc(N2CCN3CCCC[C@@H]3C2=O)cn1. The van der Waals surface area contributed by atoms with Gasteiger partial charge >= 0.3 is 0 Å². The second kappa shape index (κ2) is 4.57. The number of nitrogens with two attached hydrogens (primary N) is 1. The van der Waals surface area contributed by atoms with Gasteiger partial charge in [-0.3, -0.25) is 9.69 Å². The fourth-order valence-electron chi connectivity index (χ4n) is 2.87. The molecule has 0 radical (unpaired) electrons. The van der Waals surface area contributed by atoms with E-state index in [9.17, 15) is 4.79 Å². The normalized spacial score (nSPS) is 25.0. The maximum absolute atomic E-state index is 12.5. The Morgan fingerprint density at radius 3 is 2.89 bits per heavy atom. The molecule has 1 aromatic heterocycles. The Morgan fingerprint density at radius 1 is 1.22 bits per heavy atom. The zero-order chi connectivity index (χ0) is 12.5. The molecular weight excluding hydrogens is 228 g/mol. The van der Waals surface area contributed by atoms with Crippen molar-refractivity contribution >= 4 is 17.4 Å². The fourth-order valence-corrected chi connectivity index (χ4v) is 2.87. The Bertz CT molecular complexity index is 445. The Hall–Kier alpha value is -1.62. The highest BCUT2D eigenvalue weighted by molar-refractivity contribution is 5.97. The first kappa shape index (κ1) is 11.5. The minimum Gasteiger partial charge on any atom is -0.384 e. The summed E-state index contributed by atoms with van der Waals surface area (Å²) in [6.45, 7) is 2.77. The monoisotopic (exact) mass is 246 g/mol. The molecule has 0 aliphatic carbocycles. The van der Waals surface area contributed by atoms with Gasteiger partial charge in [0.25, 0.3) is 0 Å². The highest BCUT2D eigenvalue weighted by atomic mass is 16.2. The predicted octanol–water partition coefficient (Wildman–Crippen LogP) is 0.865. The third-order valence-corrected chi connectivity index (χ3v) is 3.86. The summed E-state index contributed by atoms with van der Waals surface area (Å²) in [6, 6.07) is 3.69. The first-order valence-electron chi connectivity index (χ1n) is 6.52. The molecule has 5 nitrogen and oxygen atoms in total. The van der Waals surface area contributed by atoms with E-state index in [1.165, 1.54) is 6.42 Å². The summed E-state index contributed by atoms with van der Waals surface area (Å²) in [4.78, 5) is 20.7. The highest BCUT2D eigenvalue weighted by Gasteiger charge is 2.36. The number of pyridine rings is 1. The topological polar surface area (TPSA) is 62.5 Å². The van der Waals surface area contributed by atoms with Gasteiger partial charge in [-0.2, -0.15) is 0 Å². The lowest BCUT2D eigenvalue weighted by Gasteiger charge is -2.42. The molecule has 0 aromatic carbocycles. The van der Waals surface area contributed by atoms with Gasteiger partial charge in [0, 0.05) is 13.1 Å². The average molecular weight is 246 g/mol. The smallest absolute Gasteiger partial charge is 0.244 e. The minimum atomic E-state index is 0.0741. The number of carbonyl (C=O) groups is 1. The molecule has 96 valence electrons. The molecule has 2 saturated heterocycles. The molecular formula is C13H18N4O. The van der Waals surface area contributed by atoms with Crippen molar-refractivity contribution in [3.63, 3.8) is 0 Å². The van der Waals surface area contributed by atoms with Crippen molar-refractivity contribution in [1.82, 2.24) is 9.88 Å². The van der Waals surface area contributed by atoms with E-state index < -0.39 is 0 Å². The summed E-state index contributed by atoms with van der Waals surface area (Å²) < 4.78 is 0. The van der Waals surface area contributed by atoms with Crippen LogP contribution in [0.3, 0.4) is 0 Å². The zero-order valence-electron chi connectivity index (χ0n) is 10.4. The summed E-state index contributed by atoms with van der Waals surface area (Å²) in [6.07, 6.45) is 5.04. The number of carbonyl (C=O) groups excluding carboxylic acids is 1. The van der Waals surface area contributed by atoms with E-state index in [2.05, 4.69) is 9.88 Å². The van der Waals surface area contributed by atoms with E-state index in [1.54, 1.807) is 12.3 Å². The molecule has 1 amide bonds. The lowest BCUT2D eigenvalue weighted by atomic mass is 9.98. The van der Waals surface area contributed by atoms with Crippen LogP contribution in [0, 0.1) is 0 Å². The van der Waals surface area contributed by atoms with Crippen molar-refractivity contribution in [2.45, 2.75) is 25.3 Å². The Morgan fingerprint density at radius 2 is 2.11 bits per heavy atom. The van der Waals surface area contributed by atoms with Gasteiger partial charge in [-0.1, -0.05) is 6.42 Å². The van der Waals surface area contributed by atoms with Gasteiger partial charge in [0.2, 0.25) is 5.91 Å². The van der Waals surface area contributed by atoms with Crippen LogP contribution in [-0.4, -0.2) is 41.5 Å². The van der Waals surface area contributed by atoms with Crippen LogP contribution in [0.15, 0.2) is 18.3 Å². The molecule has 0 bridgehead atoms. The maximum Gasteiger partial charge on any atom is 0.244 e. The number of piperazine rings is 1. The zero-order valence-corrected chi connectivity index (χ0v) is 10.4. The van der Waals surface area contributed by atoms with E-state index in [-0.39, 0.29) is 11.9 Å². The standard InChI is InChI=1S/C13H18N4O/c14-12-5-4-10(9-15-12)17-8-7-16-6-2-1-3-11(16)13(17)18/h4-5,9,11H,1-3,6-8H2,(H2,14,15)/t11-/m1/s1. The van der Waals surface area contributed by atoms with E-state index in [4.69, 9.17) is 5.73 Å². The van der Waals surface area contributed by atoms with Crippen molar-refractivity contribution in [3.8, 4) is 0 Å². The van der Waals surface area contributed by atoms with E-state index in [0.717, 1.165) is 38.2 Å². The molecule has 2 aliphatic heterocycles. The summed E-state index contributed by atoms with van der Waals surface area (Å²) in [5.41, 5.74) is 6.43. The summed E-state index contributed by atoms with van der Waals surface area (Å²) >= 11 is 0. The molecule has 0 unspecified atom stereocenters. The quantitative estimate of drug-likeness (QED) is 0.798. The van der Waals surface area contributed by atoms with Crippen LogP contribution < -0.4 is 10.6 Å². The van der Waals surface area contributed by atoms with Crippen LogP contribution >= 0.6 is 0 Å². The first-order chi connectivity index (χ1) is 8.75. The second-order valence-corrected chi connectivity index (χ2v) is 4.98. The molecule has 0 saturated carbocycles. The number of nitrogen functional groups attached to an aromatic ring is 1. The van der Waals surface area contributed by atoms with Crippen molar-refractivity contribution in [3.05, 3.63) is 18.3 Å². The molecule has 2 aliphatic rings. The van der Waals surface area contributed by atoms with Crippen LogP contribution in [-0.2, 0) is 4.79 Å². The van der Waals surface area contributed by atoms with Gasteiger partial charge in [-0.05, 0) is 31.5 Å². The van der Waals surface area contributed by atoms with E-state index in [0.29, 0.717) is 5.82 Å². The number of hydrogen-bond acceptors (Lipinski definition) is 4. The Kier molecular flexibility index (Phi) is 2.91. The second-order valence-electron chi connectivity index (χ2n) is 4.98. The predicted molar refractivity (Wildman–Crippen MR) is 70.2 cm³/mol. The Labute approximate surface area is 107 Å². The lowest BCUT2D eigenvalue weighted by Crippen LogP contribution is -2.58. The van der Waals surface area contributed by atoms with Gasteiger partial charge in [-0.25, -0.2) is 4.98 Å². The van der Waals surface area contributed by atoms with Gasteiger partial charge in [0.1, 0.15) is 5.82 Å². The van der Waals surface area contributed by atoms with E-state index >= 15 is 0 Å². The van der Waals surface area contributed by atoms with Crippen molar-refractivity contribution in [2.75, 3.05) is 30.3 Å². The van der Waals surface area contributed by atoms with Crippen LogP contribution in [0.2, 0.25) is 0 Å². The van der Waals surface area contributed by atoms with Crippen molar-refractivity contribution in [1.29, 1.82) is 0 Å². The highest BCUT2D eigenvalue weighted by Crippen LogP contribution is 2.25. The number of hydrogen-bond donors (Lipinski definition) is 1. The molecule has 18 heavy (non-hydrogen) atoms. The van der Waals surface area contributed by atoms with Crippen molar-refractivity contribution in [2.24, 2.45) is 0 Å². The molecule has 3 rings (SSSR count). The first-order valence-corrected chi connectivity index (χ1v) is 6.52. The van der Waals surface area contributed by atoms with E-state index in [1.807, 2.05) is 11.0 Å².